The maximum absolute atomic E-state index is 9.49. The summed E-state index contributed by atoms with van der Waals surface area (Å²) in [5, 5.41) is 22.8. The summed E-state index contributed by atoms with van der Waals surface area (Å²) in [5.41, 5.74) is 4.95. The van der Waals surface area contributed by atoms with Gasteiger partial charge in [-0.3, -0.25) is 0 Å². The second-order valence-electron chi connectivity index (χ2n) is 7.55. The van der Waals surface area contributed by atoms with E-state index in [0.29, 0.717) is 17.9 Å². The van der Waals surface area contributed by atoms with Crippen molar-refractivity contribution in [2.75, 3.05) is 13.2 Å². The van der Waals surface area contributed by atoms with Gasteiger partial charge in [0.2, 0.25) is 0 Å². The zero-order valence-corrected chi connectivity index (χ0v) is 19.1. The number of hydrogen-bond donors (Lipinski definition) is 2. The number of benzene rings is 2. The predicted octanol–water partition coefficient (Wildman–Crippen LogP) is 4.52. The van der Waals surface area contributed by atoms with Gasteiger partial charge in [-0.1, -0.05) is 18.2 Å². The SMILES string of the molecule is CC(C)Oc1ccc(-c2nc(-c3cccc4c3CC[C@@H]4NCCO)ns2)cc1C#N.Cl. The predicted molar refractivity (Wildman–Crippen MR) is 125 cm³/mol. The van der Waals surface area contributed by atoms with E-state index in [1.165, 1.54) is 22.7 Å². The number of fused-ring (bicyclic) bond motifs is 1. The molecule has 2 aromatic carbocycles. The fraction of sp³-hybridized carbons (Fsp3) is 0.348. The molecule has 0 saturated heterocycles. The van der Waals surface area contributed by atoms with Gasteiger partial charge < -0.3 is 15.2 Å². The van der Waals surface area contributed by atoms with Gasteiger partial charge in [0.15, 0.2) is 5.82 Å². The van der Waals surface area contributed by atoms with E-state index in [-0.39, 0.29) is 31.2 Å². The summed E-state index contributed by atoms with van der Waals surface area (Å²) < 4.78 is 10.3. The first kappa shape index (κ1) is 23.2. The van der Waals surface area contributed by atoms with Gasteiger partial charge in [-0.2, -0.15) is 9.64 Å². The van der Waals surface area contributed by atoms with Gasteiger partial charge >= 0.3 is 0 Å². The Bertz CT molecular complexity index is 1090. The third-order valence-electron chi connectivity index (χ3n) is 5.15. The van der Waals surface area contributed by atoms with Crippen molar-refractivity contribution in [1.29, 1.82) is 5.26 Å². The summed E-state index contributed by atoms with van der Waals surface area (Å²) in [7, 11) is 0. The third-order valence-corrected chi connectivity index (χ3v) is 5.91. The number of nitrogens with zero attached hydrogens (tertiary/aromatic N) is 3. The molecule has 1 aliphatic rings. The average Bonchev–Trinajstić information content (AvgIpc) is 3.39. The van der Waals surface area contributed by atoms with Crippen LogP contribution in [0.3, 0.4) is 0 Å². The lowest BCUT2D eigenvalue weighted by Crippen LogP contribution is -2.22. The molecule has 0 amide bonds. The van der Waals surface area contributed by atoms with E-state index in [0.717, 1.165) is 34.8 Å². The fourth-order valence-corrected chi connectivity index (χ4v) is 4.54. The normalized spacial score (nSPS) is 14.7. The Labute approximate surface area is 192 Å². The molecule has 162 valence electrons. The van der Waals surface area contributed by atoms with Gasteiger partial charge in [0.1, 0.15) is 16.8 Å². The van der Waals surface area contributed by atoms with Crippen molar-refractivity contribution in [2.45, 2.75) is 38.8 Å². The van der Waals surface area contributed by atoms with Crippen LogP contribution < -0.4 is 10.1 Å². The van der Waals surface area contributed by atoms with Crippen LogP contribution in [0.5, 0.6) is 5.75 Å². The molecule has 6 nitrogen and oxygen atoms in total. The summed E-state index contributed by atoms with van der Waals surface area (Å²) >= 11 is 1.34. The van der Waals surface area contributed by atoms with Crippen LogP contribution in [0.1, 0.15) is 43.0 Å². The highest BCUT2D eigenvalue weighted by atomic mass is 35.5. The molecule has 1 heterocycles. The molecule has 0 aliphatic heterocycles. The van der Waals surface area contributed by atoms with E-state index in [4.69, 9.17) is 14.8 Å². The van der Waals surface area contributed by atoms with Gasteiger partial charge in [-0.15, -0.1) is 12.4 Å². The molecule has 0 bridgehead atoms. The standard InChI is InChI=1S/C23H24N4O2S.ClH/c1-14(2)29-21-9-6-15(12-16(21)13-24)23-26-22(27-30-23)19-5-3-4-18-17(19)7-8-20(18)25-10-11-28;/h3-6,9,12,14,20,25,28H,7-8,10-11H2,1-2H3;1H/t20-;/m0./s1. The monoisotopic (exact) mass is 456 g/mol. The first-order valence-corrected chi connectivity index (χ1v) is 10.9. The Morgan fingerprint density at radius 1 is 1.32 bits per heavy atom. The zero-order chi connectivity index (χ0) is 21.1. The summed E-state index contributed by atoms with van der Waals surface area (Å²) in [6.07, 6.45) is 1.97. The topological polar surface area (TPSA) is 91.1 Å². The molecule has 1 aliphatic carbocycles. The Morgan fingerprint density at radius 2 is 2.16 bits per heavy atom. The summed E-state index contributed by atoms with van der Waals surface area (Å²) in [6.45, 7) is 4.60. The third kappa shape index (κ3) is 4.89. The average molecular weight is 457 g/mol. The van der Waals surface area contributed by atoms with Crippen molar-refractivity contribution in [1.82, 2.24) is 14.7 Å². The molecular weight excluding hydrogens is 432 g/mol. The van der Waals surface area contributed by atoms with Crippen LogP contribution >= 0.6 is 23.9 Å². The molecule has 0 fully saturated rings. The number of aromatic nitrogens is 2. The highest BCUT2D eigenvalue weighted by molar-refractivity contribution is 7.09. The fourth-order valence-electron chi connectivity index (χ4n) is 3.87. The number of aliphatic hydroxyl groups excluding tert-OH is 1. The lowest BCUT2D eigenvalue weighted by Gasteiger charge is -2.13. The van der Waals surface area contributed by atoms with Gasteiger partial charge in [-0.05, 0) is 67.5 Å². The van der Waals surface area contributed by atoms with Crippen molar-refractivity contribution in [3.8, 4) is 33.8 Å². The second-order valence-corrected chi connectivity index (χ2v) is 8.31. The molecule has 0 spiro atoms. The number of hydrogen-bond acceptors (Lipinski definition) is 7. The first-order chi connectivity index (χ1) is 14.6. The molecule has 3 aromatic rings. The maximum atomic E-state index is 9.49. The van der Waals surface area contributed by atoms with Crippen LogP contribution in [-0.2, 0) is 6.42 Å². The van der Waals surface area contributed by atoms with Crippen molar-refractivity contribution in [3.05, 3.63) is 53.1 Å². The Hall–Kier alpha value is -2.50. The summed E-state index contributed by atoms with van der Waals surface area (Å²) in [4.78, 5) is 4.78. The first-order valence-electron chi connectivity index (χ1n) is 10.1. The highest BCUT2D eigenvalue weighted by Crippen LogP contribution is 2.38. The van der Waals surface area contributed by atoms with Gasteiger partial charge in [0, 0.05) is 23.7 Å². The summed E-state index contributed by atoms with van der Waals surface area (Å²) in [6, 6.07) is 14.3. The van der Waals surface area contributed by atoms with E-state index in [2.05, 4.69) is 27.9 Å². The highest BCUT2D eigenvalue weighted by Gasteiger charge is 2.25. The van der Waals surface area contributed by atoms with Crippen molar-refractivity contribution in [2.24, 2.45) is 0 Å². The van der Waals surface area contributed by atoms with Gasteiger partial charge in [0.25, 0.3) is 0 Å². The van der Waals surface area contributed by atoms with Crippen LogP contribution in [0.25, 0.3) is 22.0 Å². The van der Waals surface area contributed by atoms with Crippen LogP contribution in [0.15, 0.2) is 36.4 Å². The van der Waals surface area contributed by atoms with Crippen LogP contribution in [0.2, 0.25) is 0 Å². The van der Waals surface area contributed by atoms with Crippen LogP contribution in [0.4, 0.5) is 0 Å². The quantitative estimate of drug-likeness (QED) is 0.543. The number of ether oxygens (including phenoxy) is 1. The Balaban J connectivity index is 0.00000272. The van der Waals surface area contributed by atoms with E-state index in [1.807, 2.05) is 38.1 Å². The van der Waals surface area contributed by atoms with Crippen molar-refractivity contribution in [3.63, 3.8) is 0 Å². The largest absolute Gasteiger partial charge is 0.490 e. The smallest absolute Gasteiger partial charge is 0.173 e. The van der Waals surface area contributed by atoms with E-state index >= 15 is 0 Å². The lowest BCUT2D eigenvalue weighted by atomic mass is 10.0. The van der Waals surface area contributed by atoms with Gasteiger partial charge in [-0.25, -0.2) is 4.98 Å². The lowest BCUT2D eigenvalue weighted by molar-refractivity contribution is 0.242. The molecule has 8 heteroatoms. The van der Waals surface area contributed by atoms with Crippen LogP contribution in [0, 0.1) is 11.3 Å². The second kappa shape index (κ2) is 10.2. The van der Waals surface area contributed by atoms with Crippen molar-refractivity contribution < 1.29 is 9.84 Å². The summed E-state index contributed by atoms with van der Waals surface area (Å²) in [5.74, 6) is 1.30. The number of halogens is 1. The number of aliphatic hydroxyl groups is 1. The minimum absolute atomic E-state index is 0. The molecule has 0 saturated carbocycles. The molecule has 1 atom stereocenters. The van der Waals surface area contributed by atoms with E-state index in [1.54, 1.807) is 0 Å². The van der Waals surface area contributed by atoms with Gasteiger partial charge in [0.05, 0.1) is 18.3 Å². The minimum Gasteiger partial charge on any atom is -0.490 e. The van der Waals surface area contributed by atoms with Crippen LogP contribution in [-0.4, -0.2) is 33.7 Å². The molecule has 31 heavy (non-hydrogen) atoms. The minimum atomic E-state index is 0. The number of nitriles is 1. The molecule has 1 aromatic heterocycles. The molecule has 0 unspecified atom stereocenters. The van der Waals surface area contributed by atoms with E-state index < -0.39 is 0 Å². The number of nitrogens with one attached hydrogen (secondary N) is 1. The molecular formula is C23H25ClN4O2S. The molecule has 0 radical (unpaired) electrons. The zero-order valence-electron chi connectivity index (χ0n) is 17.5. The number of rotatable bonds is 7. The Morgan fingerprint density at radius 3 is 2.90 bits per heavy atom. The maximum Gasteiger partial charge on any atom is 0.173 e. The van der Waals surface area contributed by atoms with E-state index in [9.17, 15) is 5.26 Å². The van der Waals surface area contributed by atoms with Crippen molar-refractivity contribution >= 4 is 23.9 Å². The molecule has 2 N–H and O–H groups in total. The Kier molecular flexibility index (Phi) is 7.63. The molecule has 4 rings (SSSR count).